The number of hydrogen-bond donors (Lipinski definition) is 2. The van der Waals surface area contributed by atoms with Crippen LogP contribution in [0.1, 0.15) is 23.2 Å². The Labute approximate surface area is 153 Å². The van der Waals surface area contributed by atoms with Gasteiger partial charge in [0.15, 0.2) is 0 Å². The van der Waals surface area contributed by atoms with Gasteiger partial charge < -0.3 is 4.90 Å². The van der Waals surface area contributed by atoms with E-state index in [1.165, 1.54) is 0 Å². The third kappa shape index (κ3) is 4.23. The topological polar surface area (TPSA) is 66.5 Å². The zero-order chi connectivity index (χ0) is 17.9. The van der Waals surface area contributed by atoms with Crippen molar-refractivity contribution >= 4 is 28.6 Å². The predicted octanol–water partition coefficient (Wildman–Crippen LogP) is 2.56. The Morgan fingerprint density at radius 3 is 2.24 bits per heavy atom. The number of rotatable bonds is 4. The maximum absolute atomic E-state index is 12.6. The molecule has 0 aromatic heterocycles. The molecule has 0 spiro atoms. The molecule has 5 nitrogen and oxygen atoms in total. The van der Waals surface area contributed by atoms with E-state index in [2.05, 4.69) is 17.4 Å². The highest BCUT2D eigenvalue weighted by molar-refractivity contribution is 7.89. The summed E-state index contributed by atoms with van der Waals surface area (Å²) < 4.78 is 27.5. The fourth-order valence-electron chi connectivity index (χ4n) is 2.91. The van der Waals surface area contributed by atoms with Crippen molar-refractivity contribution in [3.05, 3.63) is 60.2 Å². The summed E-state index contributed by atoms with van der Waals surface area (Å²) in [6, 6.07) is 15.4. The average molecular weight is 377 g/mol. The third-order valence-corrected chi connectivity index (χ3v) is 6.22. The van der Waals surface area contributed by atoms with Gasteiger partial charge in [-0.25, -0.2) is 13.1 Å². The van der Waals surface area contributed by atoms with Gasteiger partial charge in [-0.15, -0.1) is 12.6 Å². The Bertz CT molecular complexity index is 846. The van der Waals surface area contributed by atoms with Crippen LogP contribution in [0.2, 0.25) is 0 Å². The second-order valence-electron chi connectivity index (χ2n) is 6.02. The summed E-state index contributed by atoms with van der Waals surface area (Å²) >= 11 is 4.33. The molecule has 1 aliphatic heterocycles. The van der Waals surface area contributed by atoms with Crippen molar-refractivity contribution in [2.75, 3.05) is 13.1 Å². The largest absolute Gasteiger partial charge is 0.338 e. The van der Waals surface area contributed by atoms with E-state index in [0.717, 1.165) is 0 Å². The van der Waals surface area contributed by atoms with Crippen LogP contribution >= 0.6 is 12.6 Å². The number of thiol groups is 1. The van der Waals surface area contributed by atoms with Gasteiger partial charge in [-0.05, 0) is 37.1 Å². The van der Waals surface area contributed by atoms with Gasteiger partial charge in [0, 0.05) is 24.0 Å². The van der Waals surface area contributed by atoms with E-state index in [0.29, 0.717) is 36.4 Å². The Morgan fingerprint density at radius 1 is 1.00 bits per heavy atom. The van der Waals surface area contributed by atoms with Crippen LogP contribution in [-0.4, -0.2) is 38.4 Å². The first-order chi connectivity index (χ1) is 12.0. The lowest BCUT2D eigenvalue weighted by atomic mass is 10.0. The molecule has 1 aliphatic rings. The molecule has 1 heterocycles. The first-order valence-corrected chi connectivity index (χ1v) is 10.0. The number of piperidine rings is 1. The minimum atomic E-state index is -3.52. The van der Waals surface area contributed by atoms with Gasteiger partial charge in [0.1, 0.15) is 0 Å². The molecule has 0 bridgehead atoms. The molecule has 2 aromatic carbocycles. The summed E-state index contributed by atoms with van der Waals surface area (Å²) in [7, 11) is -3.52. The molecule has 0 aliphatic carbocycles. The van der Waals surface area contributed by atoms with Gasteiger partial charge in [-0.3, -0.25) is 4.79 Å². The molecule has 0 radical (unpaired) electrons. The molecular formula is C18H20N2O3S2. The summed E-state index contributed by atoms with van der Waals surface area (Å²) in [5.41, 5.74) is 0.578. The highest BCUT2D eigenvalue weighted by atomic mass is 32.2. The maximum atomic E-state index is 12.6. The zero-order valence-electron chi connectivity index (χ0n) is 13.6. The summed E-state index contributed by atoms with van der Waals surface area (Å²) in [6.45, 7) is 1.03. The van der Waals surface area contributed by atoms with Crippen molar-refractivity contribution in [3.8, 4) is 0 Å². The van der Waals surface area contributed by atoms with E-state index in [1.807, 2.05) is 12.1 Å². The fourth-order valence-corrected chi connectivity index (χ4v) is 4.49. The number of amides is 1. The second-order valence-corrected chi connectivity index (χ2v) is 8.21. The first kappa shape index (κ1) is 18.0. The number of benzene rings is 2. The molecule has 1 saturated heterocycles. The minimum absolute atomic E-state index is 0.0602. The molecule has 2 aromatic rings. The van der Waals surface area contributed by atoms with Crippen molar-refractivity contribution in [2.24, 2.45) is 0 Å². The maximum Gasteiger partial charge on any atom is 0.254 e. The monoisotopic (exact) mass is 376 g/mol. The second kappa shape index (κ2) is 7.59. The number of nitrogens with zero attached hydrogens (tertiary/aromatic N) is 1. The van der Waals surface area contributed by atoms with Gasteiger partial charge in [-0.1, -0.05) is 30.3 Å². The van der Waals surface area contributed by atoms with Crippen molar-refractivity contribution in [1.29, 1.82) is 0 Å². The van der Waals surface area contributed by atoms with Crippen molar-refractivity contribution in [1.82, 2.24) is 9.62 Å². The van der Waals surface area contributed by atoms with Crippen LogP contribution in [-0.2, 0) is 10.0 Å². The van der Waals surface area contributed by atoms with Gasteiger partial charge in [0.05, 0.1) is 10.5 Å². The quantitative estimate of drug-likeness (QED) is 0.806. The van der Waals surface area contributed by atoms with Crippen LogP contribution in [0, 0.1) is 0 Å². The molecule has 25 heavy (non-hydrogen) atoms. The number of nitrogens with one attached hydrogen (secondary N) is 1. The molecule has 1 fully saturated rings. The van der Waals surface area contributed by atoms with Crippen LogP contribution in [0.5, 0.6) is 0 Å². The standard InChI is InChI=1S/C18H20N2O3S2/c21-18(16-8-4-5-9-17(16)24)20-12-10-14(11-13-20)19-25(22,23)15-6-2-1-3-7-15/h1-9,14,19,24H,10-13H2. The SMILES string of the molecule is O=C(c1ccccc1S)N1CCC(NS(=O)(=O)c2ccccc2)CC1. The molecule has 132 valence electrons. The lowest BCUT2D eigenvalue weighted by Gasteiger charge is -2.32. The summed E-state index contributed by atoms with van der Waals surface area (Å²) in [4.78, 5) is 15.2. The third-order valence-electron chi connectivity index (χ3n) is 4.29. The molecular weight excluding hydrogens is 356 g/mol. The van der Waals surface area contributed by atoms with E-state index >= 15 is 0 Å². The zero-order valence-corrected chi connectivity index (χ0v) is 15.3. The van der Waals surface area contributed by atoms with Crippen molar-refractivity contribution in [3.63, 3.8) is 0 Å². The minimum Gasteiger partial charge on any atom is -0.338 e. The normalized spacial score (nSPS) is 16.0. The molecule has 0 saturated carbocycles. The smallest absolute Gasteiger partial charge is 0.254 e. The van der Waals surface area contributed by atoms with Crippen LogP contribution in [0.3, 0.4) is 0 Å². The van der Waals surface area contributed by atoms with E-state index in [9.17, 15) is 13.2 Å². The molecule has 0 atom stereocenters. The number of hydrogen-bond acceptors (Lipinski definition) is 4. The molecule has 3 rings (SSSR count). The van der Waals surface area contributed by atoms with Gasteiger partial charge in [0.2, 0.25) is 10.0 Å². The predicted molar refractivity (Wildman–Crippen MR) is 99.4 cm³/mol. The Kier molecular flexibility index (Phi) is 5.46. The molecule has 0 unspecified atom stereocenters. The van der Waals surface area contributed by atoms with Crippen molar-refractivity contribution in [2.45, 2.75) is 28.7 Å². The van der Waals surface area contributed by atoms with E-state index < -0.39 is 10.0 Å². The van der Waals surface area contributed by atoms with Crippen LogP contribution in [0.25, 0.3) is 0 Å². The van der Waals surface area contributed by atoms with Crippen LogP contribution < -0.4 is 4.72 Å². The number of sulfonamides is 1. The lowest BCUT2D eigenvalue weighted by molar-refractivity contribution is 0.0708. The molecule has 1 amide bonds. The van der Waals surface area contributed by atoms with Crippen LogP contribution in [0.4, 0.5) is 0 Å². The van der Waals surface area contributed by atoms with E-state index in [4.69, 9.17) is 0 Å². The molecule has 7 heteroatoms. The van der Waals surface area contributed by atoms with Gasteiger partial charge in [-0.2, -0.15) is 0 Å². The molecule has 1 N–H and O–H groups in total. The Hall–Kier alpha value is -1.83. The van der Waals surface area contributed by atoms with Crippen molar-refractivity contribution < 1.29 is 13.2 Å². The lowest BCUT2D eigenvalue weighted by Crippen LogP contribution is -2.46. The Balaban J connectivity index is 1.61. The Morgan fingerprint density at radius 2 is 1.60 bits per heavy atom. The van der Waals surface area contributed by atoms with Gasteiger partial charge in [0.25, 0.3) is 5.91 Å². The fraction of sp³-hybridized carbons (Fsp3) is 0.278. The number of carbonyl (C=O) groups excluding carboxylic acids is 1. The number of carbonyl (C=O) groups is 1. The van der Waals surface area contributed by atoms with E-state index in [1.54, 1.807) is 47.4 Å². The summed E-state index contributed by atoms with van der Waals surface area (Å²) in [5, 5.41) is 0. The first-order valence-electron chi connectivity index (χ1n) is 8.12. The van der Waals surface area contributed by atoms with Crippen LogP contribution in [0.15, 0.2) is 64.4 Å². The summed E-state index contributed by atoms with van der Waals surface area (Å²) in [5.74, 6) is -0.0602. The summed E-state index contributed by atoms with van der Waals surface area (Å²) in [6.07, 6.45) is 1.18. The highest BCUT2D eigenvalue weighted by Crippen LogP contribution is 2.20. The number of likely N-dealkylation sites (tertiary alicyclic amines) is 1. The highest BCUT2D eigenvalue weighted by Gasteiger charge is 2.27. The van der Waals surface area contributed by atoms with Gasteiger partial charge >= 0.3 is 0 Å². The average Bonchev–Trinajstić information content (AvgIpc) is 2.63. The van der Waals surface area contributed by atoms with E-state index in [-0.39, 0.29) is 16.8 Å².